The van der Waals surface area contributed by atoms with Crippen LogP contribution in [0, 0.1) is 0 Å². The topological polar surface area (TPSA) is 120 Å². The quantitative estimate of drug-likeness (QED) is 0.682. The molecule has 1 aliphatic heterocycles. The second-order valence-electron chi connectivity index (χ2n) is 5.93. The number of carbonyl (C=O) groups is 1. The van der Waals surface area contributed by atoms with E-state index in [1.807, 2.05) is 4.98 Å². The molecule has 0 saturated carbocycles. The van der Waals surface area contributed by atoms with E-state index >= 15 is 0 Å². The van der Waals surface area contributed by atoms with E-state index in [9.17, 15) is 32.1 Å². The van der Waals surface area contributed by atoms with Crippen LogP contribution in [0.2, 0.25) is 0 Å². The maximum absolute atomic E-state index is 12.9. The molecule has 1 N–H and O–H groups in total. The van der Waals surface area contributed by atoms with Crippen molar-refractivity contribution in [3.8, 4) is 0 Å². The highest BCUT2D eigenvalue weighted by Gasteiger charge is 2.44. The van der Waals surface area contributed by atoms with Gasteiger partial charge in [0.15, 0.2) is 0 Å². The molecule has 0 bridgehead atoms. The summed E-state index contributed by atoms with van der Waals surface area (Å²) >= 11 is 0. The highest BCUT2D eigenvalue weighted by molar-refractivity contribution is 7.57. The summed E-state index contributed by atoms with van der Waals surface area (Å²) in [4.78, 5) is 37.5. The maximum atomic E-state index is 12.9. The van der Waals surface area contributed by atoms with Gasteiger partial charge in [-0.2, -0.15) is 13.2 Å². The standard InChI is InChI=1S/C15H19F3N3O7P/c1-26-29(25,27-2)8-5-10-9-20(13(23)15(16,17)18)6-4-12(28-10)21-7-3-11(22)19-14(21)24/h3,5,7-8,10,12H,4,6,9H2,1-2H3,(H,19,22,24)/b8-5+. The molecule has 162 valence electrons. The molecule has 2 rings (SSSR count). The Hall–Kier alpha value is -2.21. The Labute approximate surface area is 162 Å². The number of H-pyrrole nitrogens is 1. The Balaban J connectivity index is 2.37. The number of hydrogen-bond donors (Lipinski definition) is 1. The fourth-order valence-electron chi connectivity index (χ4n) is 2.61. The van der Waals surface area contributed by atoms with Gasteiger partial charge in [-0.25, -0.2) is 4.79 Å². The Morgan fingerprint density at radius 3 is 2.55 bits per heavy atom. The lowest BCUT2D eigenvalue weighted by molar-refractivity contribution is -0.185. The van der Waals surface area contributed by atoms with Crippen molar-refractivity contribution >= 4 is 13.5 Å². The average molecular weight is 441 g/mol. The van der Waals surface area contributed by atoms with Gasteiger partial charge in [-0.1, -0.05) is 0 Å². The van der Waals surface area contributed by atoms with Crippen molar-refractivity contribution in [2.75, 3.05) is 27.3 Å². The first-order valence-corrected chi connectivity index (χ1v) is 9.84. The Kier molecular flexibility index (Phi) is 7.22. The minimum atomic E-state index is -5.10. The summed E-state index contributed by atoms with van der Waals surface area (Å²) in [5, 5.41) is 0. The van der Waals surface area contributed by atoms with Crippen molar-refractivity contribution in [3.63, 3.8) is 0 Å². The third-order valence-electron chi connectivity index (χ3n) is 4.06. The third kappa shape index (κ3) is 5.89. The smallest absolute Gasteiger partial charge is 0.349 e. The summed E-state index contributed by atoms with van der Waals surface area (Å²) in [6.45, 7) is -0.887. The largest absolute Gasteiger partial charge is 0.471 e. The van der Waals surface area contributed by atoms with E-state index in [2.05, 4.69) is 0 Å². The summed E-state index contributed by atoms with van der Waals surface area (Å²) < 4.78 is 66.9. The van der Waals surface area contributed by atoms with E-state index in [0.29, 0.717) is 4.90 Å². The molecule has 2 heterocycles. The Morgan fingerprint density at radius 1 is 1.34 bits per heavy atom. The number of nitrogens with one attached hydrogen (secondary N) is 1. The molecule has 1 aromatic rings. The second kappa shape index (κ2) is 9.08. The van der Waals surface area contributed by atoms with Crippen LogP contribution in [0.3, 0.4) is 0 Å². The fourth-order valence-corrected chi connectivity index (χ4v) is 3.41. The Morgan fingerprint density at radius 2 is 2.00 bits per heavy atom. The van der Waals surface area contributed by atoms with Gasteiger partial charge in [-0.15, -0.1) is 0 Å². The van der Waals surface area contributed by atoms with Crippen LogP contribution in [0.5, 0.6) is 0 Å². The van der Waals surface area contributed by atoms with Gasteiger partial charge in [-0.3, -0.25) is 23.7 Å². The van der Waals surface area contributed by atoms with Crippen LogP contribution in [-0.2, 0) is 23.1 Å². The summed E-state index contributed by atoms with van der Waals surface area (Å²) in [7, 11) is -1.42. The zero-order chi connectivity index (χ0) is 21.8. The van der Waals surface area contributed by atoms with Gasteiger partial charge >= 0.3 is 25.4 Å². The molecule has 1 aromatic heterocycles. The molecule has 0 radical (unpaired) electrons. The van der Waals surface area contributed by atoms with Crippen LogP contribution < -0.4 is 11.2 Å². The molecule has 14 heteroatoms. The number of rotatable bonds is 5. The van der Waals surface area contributed by atoms with Gasteiger partial charge in [0, 0.05) is 45.3 Å². The zero-order valence-electron chi connectivity index (χ0n) is 15.4. The van der Waals surface area contributed by atoms with Crippen LogP contribution in [-0.4, -0.2) is 59.9 Å². The number of ether oxygens (including phenoxy) is 1. The van der Waals surface area contributed by atoms with E-state index in [0.717, 1.165) is 42.9 Å². The fraction of sp³-hybridized carbons (Fsp3) is 0.533. The molecular formula is C15H19F3N3O7P. The molecule has 2 unspecified atom stereocenters. The van der Waals surface area contributed by atoms with Crippen LogP contribution in [0.25, 0.3) is 0 Å². The summed E-state index contributed by atoms with van der Waals surface area (Å²) in [5.74, 6) is -1.08. The predicted molar refractivity (Wildman–Crippen MR) is 93.2 cm³/mol. The number of amides is 1. The van der Waals surface area contributed by atoms with Crippen LogP contribution >= 0.6 is 7.60 Å². The zero-order valence-corrected chi connectivity index (χ0v) is 16.3. The SMILES string of the molecule is COP(=O)(/C=C/C1CN(C(=O)C(F)(F)F)CCC(n2ccc(=O)[nH]c2=O)O1)OC. The van der Waals surface area contributed by atoms with E-state index in [-0.39, 0.29) is 13.0 Å². The molecule has 1 fully saturated rings. The van der Waals surface area contributed by atoms with Crippen molar-refractivity contribution in [3.05, 3.63) is 45.0 Å². The molecule has 1 amide bonds. The predicted octanol–water partition coefficient (Wildman–Crippen LogP) is 1.21. The molecule has 2 atom stereocenters. The van der Waals surface area contributed by atoms with Gasteiger partial charge < -0.3 is 18.7 Å². The van der Waals surface area contributed by atoms with Crippen molar-refractivity contribution in [2.24, 2.45) is 0 Å². The number of alkyl halides is 3. The van der Waals surface area contributed by atoms with Crippen LogP contribution in [0.15, 0.2) is 33.7 Å². The number of halogens is 3. The van der Waals surface area contributed by atoms with Crippen molar-refractivity contribution in [1.29, 1.82) is 0 Å². The first-order valence-electron chi connectivity index (χ1n) is 8.22. The van der Waals surface area contributed by atoms with Crippen LogP contribution in [0.1, 0.15) is 12.6 Å². The maximum Gasteiger partial charge on any atom is 0.471 e. The van der Waals surface area contributed by atoms with E-state index in [1.165, 1.54) is 0 Å². The number of nitrogens with zero attached hydrogens (tertiary/aromatic N) is 2. The second-order valence-corrected chi connectivity index (χ2v) is 8.04. The summed E-state index contributed by atoms with van der Waals surface area (Å²) in [6, 6.07) is 1.04. The molecule has 29 heavy (non-hydrogen) atoms. The summed E-state index contributed by atoms with van der Waals surface area (Å²) in [5.41, 5.74) is -1.49. The lowest BCUT2D eigenvalue weighted by atomic mass is 10.3. The molecular weight excluding hydrogens is 422 g/mol. The highest BCUT2D eigenvalue weighted by Crippen LogP contribution is 2.48. The lowest BCUT2D eigenvalue weighted by Crippen LogP contribution is -2.44. The minimum absolute atomic E-state index is 0.162. The van der Waals surface area contributed by atoms with Crippen molar-refractivity contribution < 1.29 is 36.3 Å². The van der Waals surface area contributed by atoms with E-state index < -0.39 is 49.8 Å². The molecule has 0 aromatic carbocycles. The van der Waals surface area contributed by atoms with Crippen molar-refractivity contribution in [2.45, 2.75) is 24.9 Å². The van der Waals surface area contributed by atoms with Gasteiger partial charge in [-0.05, 0) is 6.08 Å². The number of hydrogen-bond acceptors (Lipinski definition) is 7. The summed E-state index contributed by atoms with van der Waals surface area (Å²) in [6.07, 6.45) is -5.26. The first-order chi connectivity index (χ1) is 13.5. The van der Waals surface area contributed by atoms with Gasteiger partial charge in [0.05, 0.1) is 12.6 Å². The molecule has 1 aliphatic rings. The van der Waals surface area contributed by atoms with Gasteiger partial charge in [0.2, 0.25) is 0 Å². The van der Waals surface area contributed by atoms with E-state index in [4.69, 9.17) is 13.8 Å². The molecule has 0 aliphatic carbocycles. The lowest BCUT2D eigenvalue weighted by Gasteiger charge is -2.23. The Bertz CT molecular complexity index is 919. The van der Waals surface area contributed by atoms with E-state index in [1.54, 1.807) is 0 Å². The first kappa shape index (κ1) is 23.1. The highest BCUT2D eigenvalue weighted by atomic mass is 31.2. The molecule has 1 saturated heterocycles. The molecule has 0 spiro atoms. The van der Waals surface area contributed by atoms with Crippen LogP contribution in [0.4, 0.5) is 13.2 Å². The van der Waals surface area contributed by atoms with Gasteiger partial charge in [0.1, 0.15) is 6.23 Å². The number of carbonyl (C=O) groups excluding carboxylic acids is 1. The van der Waals surface area contributed by atoms with Gasteiger partial charge in [0.25, 0.3) is 5.56 Å². The monoisotopic (exact) mass is 441 g/mol. The third-order valence-corrected chi connectivity index (χ3v) is 5.62. The average Bonchev–Trinajstić information content (AvgIpc) is 2.87. The normalized spacial score (nSPS) is 21.3. The minimum Gasteiger partial charge on any atom is -0.349 e. The number of aromatic amines is 1. The molecule has 10 nitrogen and oxygen atoms in total. The van der Waals surface area contributed by atoms with Crippen molar-refractivity contribution in [1.82, 2.24) is 14.5 Å². The number of aromatic nitrogens is 2.